The average Bonchev–Trinajstić information content (AvgIpc) is 2.79. The van der Waals surface area contributed by atoms with Crippen LogP contribution in [0.5, 0.6) is 0 Å². The van der Waals surface area contributed by atoms with Crippen LogP contribution >= 0.6 is 23.2 Å². The van der Waals surface area contributed by atoms with E-state index in [0.29, 0.717) is 61.1 Å². The zero-order valence-electron chi connectivity index (χ0n) is 19.0. The summed E-state index contributed by atoms with van der Waals surface area (Å²) in [5.41, 5.74) is 1.37. The maximum atomic E-state index is 13.1. The number of piperazine rings is 1. The van der Waals surface area contributed by atoms with E-state index in [4.69, 9.17) is 27.9 Å². The molecule has 33 heavy (non-hydrogen) atoms. The van der Waals surface area contributed by atoms with Crippen molar-refractivity contribution in [2.75, 3.05) is 52.9 Å². The van der Waals surface area contributed by atoms with E-state index < -0.39 is 12.0 Å². The second kappa shape index (κ2) is 11.1. The normalized spacial score (nSPS) is 19.4. The number of amides is 4. The average molecular weight is 498 g/mol. The van der Waals surface area contributed by atoms with Crippen molar-refractivity contribution < 1.29 is 19.1 Å². The number of rotatable bonds is 6. The van der Waals surface area contributed by atoms with Gasteiger partial charge < -0.3 is 20.3 Å². The van der Waals surface area contributed by atoms with E-state index in [1.807, 2.05) is 6.92 Å². The quantitative estimate of drug-likeness (QED) is 0.589. The van der Waals surface area contributed by atoms with Crippen molar-refractivity contribution in [3.05, 3.63) is 45.1 Å². The van der Waals surface area contributed by atoms with Gasteiger partial charge in [0.15, 0.2) is 0 Å². The lowest BCUT2D eigenvalue weighted by Crippen LogP contribution is -2.54. The van der Waals surface area contributed by atoms with Crippen molar-refractivity contribution in [1.29, 1.82) is 0 Å². The number of carbonyl (C=O) groups excluding carboxylic acids is 3. The van der Waals surface area contributed by atoms with Gasteiger partial charge in [-0.25, -0.2) is 14.4 Å². The molecule has 1 atom stereocenters. The second-order valence-corrected chi connectivity index (χ2v) is 8.55. The molecule has 2 heterocycles. The minimum absolute atomic E-state index is 0.0894. The number of esters is 1. The first kappa shape index (κ1) is 25.1. The third-order valence-electron chi connectivity index (χ3n) is 5.73. The van der Waals surface area contributed by atoms with Gasteiger partial charge in [0.1, 0.15) is 0 Å². The van der Waals surface area contributed by atoms with Crippen LogP contribution < -0.4 is 10.6 Å². The molecule has 1 aromatic rings. The molecule has 0 aromatic heterocycles. The van der Waals surface area contributed by atoms with Gasteiger partial charge in [0, 0.05) is 52.0 Å². The molecule has 2 aliphatic rings. The summed E-state index contributed by atoms with van der Waals surface area (Å²) < 4.78 is 5.35. The third-order valence-corrected chi connectivity index (χ3v) is 6.56. The molecule has 0 radical (unpaired) electrons. The minimum Gasteiger partial charge on any atom is -0.463 e. The molecule has 0 bridgehead atoms. The number of nitrogens with zero attached hydrogens (tertiary/aromatic N) is 3. The van der Waals surface area contributed by atoms with Crippen LogP contribution in [0, 0.1) is 0 Å². The number of hydrogen-bond donors (Lipinski definition) is 2. The minimum atomic E-state index is -0.800. The van der Waals surface area contributed by atoms with Gasteiger partial charge in [0.2, 0.25) is 0 Å². The standard InChI is InChI=1S/C22H29Cl2N5O4/c1-4-25-21(31)29-11-9-28(10-12-29)13-16-17(20(30)33-5-2)19(26-22(32)27(16)3)14-7-6-8-15(23)18(14)24/h6-8,19H,4-5,9-13H2,1-3H3,(H,25,31)(H,26,32). The monoisotopic (exact) mass is 497 g/mol. The lowest BCUT2D eigenvalue weighted by Gasteiger charge is -2.39. The summed E-state index contributed by atoms with van der Waals surface area (Å²) in [6, 6.07) is 3.84. The van der Waals surface area contributed by atoms with Crippen LogP contribution in [-0.4, -0.2) is 85.7 Å². The van der Waals surface area contributed by atoms with Gasteiger partial charge in [0.05, 0.1) is 28.3 Å². The molecule has 180 valence electrons. The van der Waals surface area contributed by atoms with Gasteiger partial charge >= 0.3 is 18.0 Å². The van der Waals surface area contributed by atoms with E-state index in [1.165, 1.54) is 4.90 Å². The number of carbonyl (C=O) groups is 3. The lowest BCUT2D eigenvalue weighted by atomic mass is 9.94. The Hall–Kier alpha value is -2.49. The fraction of sp³-hybridized carbons (Fsp3) is 0.500. The highest BCUT2D eigenvalue weighted by atomic mass is 35.5. The molecule has 1 saturated heterocycles. The number of nitrogens with one attached hydrogen (secondary N) is 2. The van der Waals surface area contributed by atoms with Crippen LogP contribution in [0.4, 0.5) is 9.59 Å². The highest BCUT2D eigenvalue weighted by molar-refractivity contribution is 6.42. The Morgan fingerprint density at radius 2 is 1.88 bits per heavy atom. The van der Waals surface area contributed by atoms with Crippen LogP contribution in [0.25, 0.3) is 0 Å². The largest absolute Gasteiger partial charge is 0.463 e. The van der Waals surface area contributed by atoms with Crippen molar-refractivity contribution in [2.45, 2.75) is 19.9 Å². The van der Waals surface area contributed by atoms with Crippen molar-refractivity contribution in [3.8, 4) is 0 Å². The molecule has 2 aliphatic heterocycles. The molecule has 1 unspecified atom stereocenters. The number of urea groups is 2. The van der Waals surface area contributed by atoms with Crippen LogP contribution in [0.2, 0.25) is 10.0 Å². The fourth-order valence-corrected chi connectivity index (χ4v) is 4.38. The molecule has 9 nitrogen and oxygen atoms in total. The Kier molecular flexibility index (Phi) is 8.45. The van der Waals surface area contributed by atoms with E-state index >= 15 is 0 Å². The van der Waals surface area contributed by atoms with Crippen LogP contribution in [-0.2, 0) is 9.53 Å². The van der Waals surface area contributed by atoms with Crippen molar-refractivity contribution in [1.82, 2.24) is 25.3 Å². The number of hydrogen-bond acceptors (Lipinski definition) is 5. The van der Waals surface area contributed by atoms with Gasteiger partial charge in [-0.3, -0.25) is 9.80 Å². The van der Waals surface area contributed by atoms with Crippen molar-refractivity contribution in [3.63, 3.8) is 0 Å². The molecule has 4 amide bonds. The predicted molar refractivity (Wildman–Crippen MR) is 126 cm³/mol. The molecular formula is C22H29Cl2N5O4. The smallest absolute Gasteiger partial charge is 0.338 e. The Bertz CT molecular complexity index is 947. The predicted octanol–water partition coefficient (Wildman–Crippen LogP) is 2.85. The van der Waals surface area contributed by atoms with E-state index in [0.717, 1.165) is 0 Å². The van der Waals surface area contributed by atoms with E-state index in [-0.39, 0.29) is 23.7 Å². The number of halogens is 2. The Labute approximate surface area is 203 Å². The summed E-state index contributed by atoms with van der Waals surface area (Å²) in [5, 5.41) is 6.25. The maximum absolute atomic E-state index is 13.1. The van der Waals surface area contributed by atoms with E-state index in [2.05, 4.69) is 15.5 Å². The summed E-state index contributed by atoms with van der Waals surface area (Å²) >= 11 is 12.7. The topological polar surface area (TPSA) is 94.2 Å². The van der Waals surface area contributed by atoms with Gasteiger partial charge in [-0.1, -0.05) is 35.3 Å². The van der Waals surface area contributed by atoms with Gasteiger partial charge in [-0.2, -0.15) is 0 Å². The summed E-state index contributed by atoms with van der Waals surface area (Å²) in [7, 11) is 1.62. The van der Waals surface area contributed by atoms with Gasteiger partial charge in [-0.05, 0) is 25.5 Å². The van der Waals surface area contributed by atoms with Gasteiger partial charge in [0.25, 0.3) is 0 Å². The Morgan fingerprint density at radius 1 is 1.18 bits per heavy atom. The number of benzene rings is 1. The third kappa shape index (κ3) is 5.54. The number of likely N-dealkylation sites (N-methyl/N-ethyl adjacent to an activating group) is 1. The zero-order valence-corrected chi connectivity index (χ0v) is 20.5. The van der Waals surface area contributed by atoms with E-state index in [9.17, 15) is 14.4 Å². The molecule has 11 heteroatoms. The SMILES string of the molecule is CCNC(=O)N1CCN(CC2=C(C(=O)OCC)C(c3cccc(Cl)c3Cl)NC(=O)N2C)CC1. The molecule has 1 aromatic carbocycles. The maximum Gasteiger partial charge on any atom is 0.338 e. The van der Waals surface area contributed by atoms with Gasteiger partial charge in [-0.15, -0.1) is 0 Å². The first-order valence-corrected chi connectivity index (χ1v) is 11.7. The molecule has 0 spiro atoms. The van der Waals surface area contributed by atoms with Crippen molar-refractivity contribution in [2.24, 2.45) is 0 Å². The molecule has 0 aliphatic carbocycles. The first-order chi connectivity index (χ1) is 15.8. The van der Waals surface area contributed by atoms with Crippen molar-refractivity contribution >= 4 is 41.2 Å². The summed E-state index contributed by atoms with van der Waals surface area (Å²) in [5.74, 6) is -0.527. The summed E-state index contributed by atoms with van der Waals surface area (Å²) in [4.78, 5) is 43.3. The molecule has 2 N–H and O–H groups in total. The molecule has 0 saturated carbocycles. The Balaban J connectivity index is 1.94. The van der Waals surface area contributed by atoms with Crippen LogP contribution in [0.1, 0.15) is 25.5 Å². The lowest BCUT2D eigenvalue weighted by molar-refractivity contribution is -0.139. The fourth-order valence-electron chi connectivity index (χ4n) is 3.96. The molecule has 1 fully saturated rings. The zero-order chi connectivity index (χ0) is 24.1. The first-order valence-electron chi connectivity index (χ1n) is 10.9. The highest BCUT2D eigenvalue weighted by Gasteiger charge is 2.38. The second-order valence-electron chi connectivity index (χ2n) is 7.76. The molecule has 3 rings (SSSR count). The highest BCUT2D eigenvalue weighted by Crippen LogP contribution is 2.37. The summed E-state index contributed by atoms with van der Waals surface area (Å²) in [6.45, 7) is 7.02. The van der Waals surface area contributed by atoms with Crippen LogP contribution in [0.3, 0.4) is 0 Å². The number of ether oxygens (including phenoxy) is 1. The van der Waals surface area contributed by atoms with E-state index in [1.54, 1.807) is 37.1 Å². The Morgan fingerprint density at radius 3 is 2.52 bits per heavy atom. The summed E-state index contributed by atoms with van der Waals surface area (Å²) in [6.07, 6.45) is 0. The van der Waals surface area contributed by atoms with Crippen LogP contribution in [0.15, 0.2) is 29.5 Å². The molecular weight excluding hydrogens is 469 g/mol.